The average molecular weight is 478 g/mol. The van der Waals surface area contributed by atoms with E-state index in [9.17, 15) is 14.4 Å². The summed E-state index contributed by atoms with van der Waals surface area (Å²) in [5.41, 5.74) is 1.56. The fraction of sp³-hybridized carbons (Fsp3) is 0.481. The molecule has 35 heavy (non-hydrogen) atoms. The van der Waals surface area contributed by atoms with E-state index in [1.165, 1.54) is 6.42 Å². The summed E-state index contributed by atoms with van der Waals surface area (Å²) in [5, 5.41) is 2.88. The second-order valence-corrected chi connectivity index (χ2v) is 9.39. The molecule has 0 bridgehead atoms. The number of carbonyl (C=O) groups is 3. The topological polar surface area (TPSA) is 85.8 Å². The van der Waals surface area contributed by atoms with Crippen molar-refractivity contribution in [3.05, 3.63) is 48.2 Å². The highest BCUT2D eigenvalue weighted by Crippen LogP contribution is 2.36. The first-order chi connectivity index (χ1) is 17.0. The van der Waals surface area contributed by atoms with Crippen molar-refractivity contribution in [2.45, 2.75) is 46.0 Å². The number of hydrogen-bond acceptors (Lipinski definition) is 5. The average Bonchev–Trinajstić information content (AvgIpc) is 2.98. The Morgan fingerprint density at radius 3 is 2.63 bits per heavy atom. The molecule has 3 heterocycles. The number of pyridine rings is 1. The number of rotatable bonds is 8. The van der Waals surface area contributed by atoms with Crippen LogP contribution in [0.15, 0.2) is 42.6 Å². The highest BCUT2D eigenvalue weighted by atomic mass is 16.2. The Morgan fingerprint density at radius 2 is 1.89 bits per heavy atom. The number of carbonyl (C=O) groups excluding carboxylic acids is 3. The molecule has 0 aliphatic carbocycles. The number of amides is 3. The monoisotopic (exact) mass is 477 g/mol. The zero-order valence-corrected chi connectivity index (χ0v) is 20.7. The van der Waals surface area contributed by atoms with Gasteiger partial charge in [0.05, 0.1) is 23.5 Å². The van der Waals surface area contributed by atoms with Gasteiger partial charge in [0.25, 0.3) is 5.91 Å². The Balaban J connectivity index is 1.34. The molecule has 0 radical (unpaired) electrons. The largest absolute Gasteiger partial charge is 0.343 e. The Kier molecular flexibility index (Phi) is 8.13. The molecule has 2 aliphatic heterocycles. The summed E-state index contributed by atoms with van der Waals surface area (Å²) in [4.78, 5) is 48.0. The highest BCUT2D eigenvalue weighted by Gasteiger charge is 2.31. The normalized spacial score (nSPS) is 16.2. The fourth-order valence-corrected chi connectivity index (χ4v) is 5.06. The summed E-state index contributed by atoms with van der Waals surface area (Å²) < 4.78 is 0. The van der Waals surface area contributed by atoms with E-state index in [2.05, 4.69) is 15.2 Å². The number of benzene rings is 1. The van der Waals surface area contributed by atoms with Crippen LogP contribution in [-0.4, -0.2) is 65.2 Å². The maximum absolute atomic E-state index is 13.6. The van der Waals surface area contributed by atoms with Crippen LogP contribution in [0.2, 0.25) is 0 Å². The lowest BCUT2D eigenvalue weighted by Crippen LogP contribution is -2.42. The first-order valence-electron chi connectivity index (χ1n) is 12.6. The fourth-order valence-electron chi connectivity index (χ4n) is 5.06. The maximum atomic E-state index is 13.6. The van der Waals surface area contributed by atoms with Crippen molar-refractivity contribution < 1.29 is 14.4 Å². The minimum atomic E-state index is -0.240. The molecular weight excluding hydrogens is 442 g/mol. The Bertz CT molecular complexity index is 1060. The van der Waals surface area contributed by atoms with Gasteiger partial charge in [-0.3, -0.25) is 24.2 Å². The molecule has 1 saturated heterocycles. The van der Waals surface area contributed by atoms with Gasteiger partial charge in [-0.15, -0.1) is 0 Å². The number of likely N-dealkylation sites (tertiary alicyclic amines) is 1. The predicted molar refractivity (Wildman–Crippen MR) is 137 cm³/mol. The summed E-state index contributed by atoms with van der Waals surface area (Å²) in [6.45, 7) is 7.31. The van der Waals surface area contributed by atoms with Gasteiger partial charge >= 0.3 is 0 Å². The second-order valence-electron chi connectivity index (χ2n) is 9.39. The SMILES string of the molecule is CCN(CCCCC1CCN(CC(=O)N2c3ccccc3C(=O)Nc3cccnc32)CC1)C(C)=O. The van der Waals surface area contributed by atoms with Crippen LogP contribution in [-0.2, 0) is 9.59 Å². The Hall–Kier alpha value is -3.26. The summed E-state index contributed by atoms with van der Waals surface area (Å²) in [7, 11) is 0. The van der Waals surface area contributed by atoms with Gasteiger partial charge < -0.3 is 10.2 Å². The van der Waals surface area contributed by atoms with Crippen molar-refractivity contribution in [2.75, 3.05) is 42.9 Å². The Morgan fingerprint density at radius 1 is 1.11 bits per heavy atom. The third-order valence-corrected chi connectivity index (χ3v) is 7.07. The summed E-state index contributed by atoms with van der Waals surface area (Å²) in [6, 6.07) is 10.7. The highest BCUT2D eigenvalue weighted by molar-refractivity contribution is 6.17. The molecule has 3 amide bonds. The van der Waals surface area contributed by atoms with E-state index in [0.29, 0.717) is 28.7 Å². The molecule has 0 atom stereocenters. The van der Waals surface area contributed by atoms with Gasteiger partial charge in [-0.25, -0.2) is 4.98 Å². The number of para-hydroxylation sites is 1. The van der Waals surface area contributed by atoms with E-state index in [4.69, 9.17) is 0 Å². The minimum absolute atomic E-state index is 0.0868. The third kappa shape index (κ3) is 5.88. The molecule has 2 aliphatic rings. The van der Waals surface area contributed by atoms with Gasteiger partial charge in [0.2, 0.25) is 11.8 Å². The van der Waals surface area contributed by atoms with Gasteiger partial charge in [0.1, 0.15) is 0 Å². The van der Waals surface area contributed by atoms with Gasteiger partial charge in [0, 0.05) is 26.2 Å². The Labute approximate surface area is 207 Å². The molecular formula is C27H35N5O3. The molecule has 0 saturated carbocycles. The number of fused-ring (bicyclic) bond motifs is 2. The molecule has 0 unspecified atom stereocenters. The lowest BCUT2D eigenvalue weighted by atomic mass is 9.91. The van der Waals surface area contributed by atoms with Crippen LogP contribution in [0.25, 0.3) is 0 Å². The molecule has 186 valence electrons. The zero-order valence-electron chi connectivity index (χ0n) is 20.7. The molecule has 1 aromatic heterocycles. The quantitative estimate of drug-likeness (QED) is 0.580. The molecule has 0 spiro atoms. The van der Waals surface area contributed by atoms with Gasteiger partial charge in [-0.1, -0.05) is 25.0 Å². The minimum Gasteiger partial charge on any atom is -0.343 e. The lowest BCUT2D eigenvalue weighted by Gasteiger charge is -2.33. The summed E-state index contributed by atoms with van der Waals surface area (Å²) in [6.07, 6.45) is 7.12. The van der Waals surface area contributed by atoms with Crippen molar-refractivity contribution in [2.24, 2.45) is 5.92 Å². The number of unbranched alkanes of at least 4 members (excludes halogenated alkanes) is 1. The number of aromatic nitrogens is 1. The number of nitrogens with zero attached hydrogens (tertiary/aromatic N) is 4. The van der Waals surface area contributed by atoms with Crippen LogP contribution in [0.1, 0.15) is 56.3 Å². The second kappa shape index (κ2) is 11.4. The number of hydrogen-bond donors (Lipinski definition) is 1. The predicted octanol–water partition coefficient (Wildman–Crippen LogP) is 4.06. The lowest BCUT2D eigenvalue weighted by molar-refractivity contribution is -0.128. The van der Waals surface area contributed by atoms with Gasteiger partial charge in [-0.05, 0) is 69.5 Å². The molecule has 8 nitrogen and oxygen atoms in total. The van der Waals surface area contributed by atoms with Crippen LogP contribution in [0.5, 0.6) is 0 Å². The van der Waals surface area contributed by atoms with Crippen molar-refractivity contribution in [1.82, 2.24) is 14.8 Å². The van der Waals surface area contributed by atoms with Crippen LogP contribution < -0.4 is 10.2 Å². The van der Waals surface area contributed by atoms with E-state index >= 15 is 0 Å². The van der Waals surface area contributed by atoms with Crippen LogP contribution >= 0.6 is 0 Å². The zero-order chi connectivity index (χ0) is 24.8. The number of nitrogens with one attached hydrogen (secondary N) is 1. The molecule has 4 rings (SSSR count). The van der Waals surface area contributed by atoms with Crippen molar-refractivity contribution >= 4 is 34.9 Å². The summed E-state index contributed by atoms with van der Waals surface area (Å²) >= 11 is 0. The number of anilines is 3. The van der Waals surface area contributed by atoms with E-state index in [0.717, 1.165) is 51.9 Å². The maximum Gasteiger partial charge on any atom is 0.257 e. The van der Waals surface area contributed by atoms with Gasteiger partial charge in [-0.2, -0.15) is 0 Å². The van der Waals surface area contributed by atoms with Crippen molar-refractivity contribution in [3.63, 3.8) is 0 Å². The van der Waals surface area contributed by atoms with E-state index in [1.807, 2.05) is 17.9 Å². The smallest absolute Gasteiger partial charge is 0.257 e. The molecule has 8 heteroatoms. The molecule has 1 aromatic carbocycles. The standard InChI is InChI=1S/C27H35N5O3/c1-3-31(20(2)33)16-7-6-9-21-13-17-30(18-14-21)19-25(34)32-24-12-5-4-10-22(24)27(35)29-23-11-8-15-28-26(23)32/h4-5,8,10-12,15,21H,3,6-7,9,13-14,16-19H2,1-2H3,(H,29,35). The number of piperidine rings is 1. The third-order valence-electron chi connectivity index (χ3n) is 7.07. The van der Waals surface area contributed by atoms with Crippen molar-refractivity contribution in [3.8, 4) is 0 Å². The van der Waals surface area contributed by atoms with Crippen LogP contribution in [0.3, 0.4) is 0 Å². The van der Waals surface area contributed by atoms with Crippen molar-refractivity contribution in [1.29, 1.82) is 0 Å². The van der Waals surface area contributed by atoms with Crippen LogP contribution in [0, 0.1) is 5.92 Å². The van der Waals surface area contributed by atoms with E-state index < -0.39 is 0 Å². The molecule has 1 fully saturated rings. The first-order valence-corrected chi connectivity index (χ1v) is 12.6. The summed E-state index contributed by atoms with van der Waals surface area (Å²) in [5.74, 6) is 0.942. The first kappa shape index (κ1) is 24.9. The van der Waals surface area contributed by atoms with Crippen LogP contribution in [0.4, 0.5) is 17.2 Å². The van der Waals surface area contributed by atoms with Gasteiger partial charge in [0.15, 0.2) is 5.82 Å². The molecule has 2 aromatic rings. The van der Waals surface area contributed by atoms with E-state index in [-0.39, 0.29) is 24.3 Å². The molecule has 1 N–H and O–H groups in total. The van der Waals surface area contributed by atoms with E-state index in [1.54, 1.807) is 48.4 Å².